The molecule has 1 aliphatic rings. The highest BCUT2D eigenvalue weighted by atomic mass is 32.2. The predicted molar refractivity (Wildman–Crippen MR) is 119 cm³/mol. The second-order valence-corrected chi connectivity index (χ2v) is 10.1. The first-order valence-electron chi connectivity index (χ1n) is 9.59. The van der Waals surface area contributed by atoms with Crippen molar-refractivity contribution in [1.29, 1.82) is 10.5 Å². The van der Waals surface area contributed by atoms with Crippen molar-refractivity contribution < 1.29 is 28.5 Å². The molecule has 2 atom stereocenters. The van der Waals surface area contributed by atoms with Crippen LogP contribution in [0.3, 0.4) is 0 Å². The van der Waals surface area contributed by atoms with Gasteiger partial charge in [-0.05, 0) is 25.3 Å². The Bertz CT molecular complexity index is 1030. The summed E-state index contributed by atoms with van der Waals surface area (Å²) in [7, 11) is 2.55. The zero-order valence-electron chi connectivity index (χ0n) is 18.9. The standard InChI is InChI=1S/C22H24N2O6S2/c1-11(19(25)27-6)29-15-8-14(22(3,4)5)16(30-12(2)20(26)28-7)18-17(15)31-21(32-18)13(9-23)10-24/h8,11-12H,1-7H3. The Hall–Kier alpha value is -2.82. The van der Waals surface area contributed by atoms with Gasteiger partial charge in [-0.3, -0.25) is 0 Å². The molecule has 2 unspecified atom stereocenters. The maximum atomic E-state index is 12.0. The molecular weight excluding hydrogens is 452 g/mol. The van der Waals surface area contributed by atoms with Gasteiger partial charge in [0.25, 0.3) is 0 Å². The van der Waals surface area contributed by atoms with E-state index in [2.05, 4.69) is 0 Å². The van der Waals surface area contributed by atoms with Crippen molar-refractivity contribution in [2.24, 2.45) is 0 Å². The first kappa shape index (κ1) is 25.4. The van der Waals surface area contributed by atoms with E-state index >= 15 is 0 Å². The lowest BCUT2D eigenvalue weighted by atomic mass is 9.86. The number of rotatable bonds is 6. The Labute approximate surface area is 195 Å². The van der Waals surface area contributed by atoms with Crippen LogP contribution < -0.4 is 9.47 Å². The summed E-state index contributed by atoms with van der Waals surface area (Å²) in [6, 6.07) is 5.55. The minimum Gasteiger partial charge on any atom is -0.478 e. The molecule has 0 amide bonds. The third-order valence-corrected chi connectivity index (χ3v) is 7.06. The summed E-state index contributed by atoms with van der Waals surface area (Å²) >= 11 is 2.37. The van der Waals surface area contributed by atoms with E-state index in [0.717, 1.165) is 5.56 Å². The number of carbonyl (C=O) groups excluding carboxylic acids is 2. The van der Waals surface area contributed by atoms with Crippen LogP contribution in [0.1, 0.15) is 40.2 Å². The summed E-state index contributed by atoms with van der Waals surface area (Å²) < 4.78 is 22.0. The maximum Gasteiger partial charge on any atom is 0.346 e. The smallest absolute Gasteiger partial charge is 0.346 e. The van der Waals surface area contributed by atoms with E-state index in [1.807, 2.05) is 32.9 Å². The first-order chi connectivity index (χ1) is 15.0. The van der Waals surface area contributed by atoms with Crippen LogP contribution in [0.25, 0.3) is 0 Å². The third kappa shape index (κ3) is 5.32. The van der Waals surface area contributed by atoms with E-state index in [-0.39, 0.29) is 5.57 Å². The summed E-state index contributed by atoms with van der Waals surface area (Å²) in [6.07, 6.45) is -1.78. The average Bonchev–Trinajstić information content (AvgIpc) is 3.19. The molecule has 0 radical (unpaired) electrons. The lowest BCUT2D eigenvalue weighted by molar-refractivity contribution is -0.148. The number of nitriles is 2. The van der Waals surface area contributed by atoms with Crippen molar-refractivity contribution >= 4 is 35.5 Å². The molecule has 0 fully saturated rings. The molecule has 170 valence electrons. The van der Waals surface area contributed by atoms with E-state index in [0.29, 0.717) is 25.5 Å². The molecule has 1 aliphatic heterocycles. The molecule has 0 bridgehead atoms. The third-order valence-electron chi connectivity index (χ3n) is 4.45. The fourth-order valence-corrected chi connectivity index (χ4v) is 5.28. The normalized spacial score (nSPS) is 14.3. The predicted octanol–water partition coefficient (Wildman–Crippen LogP) is 4.32. The number of carbonyl (C=O) groups is 2. The summed E-state index contributed by atoms with van der Waals surface area (Å²) in [5.41, 5.74) is 0.244. The van der Waals surface area contributed by atoms with Crippen LogP contribution in [0.2, 0.25) is 0 Å². The van der Waals surface area contributed by atoms with Gasteiger partial charge in [-0.2, -0.15) is 10.5 Å². The minimum atomic E-state index is -0.893. The molecule has 0 saturated heterocycles. The second kappa shape index (κ2) is 10.2. The molecule has 8 nitrogen and oxygen atoms in total. The molecule has 0 saturated carbocycles. The van der Waals surface area contributed by atoms with Crippen molar-refractivity contribution in [2.75, 3.05) is 14.2 Å². The minimum absolute atomic E-state index is 0.0487. The Kier molecular flexibility index (Phi) is 8.11. The number of fused-ring (bicyclic) bond motifs is 1. The Balaban J connectivity index is 2.75. The number of nitrogens with zero attached hydrogens (tertiary/aromatic N) is 2. The van der Waals surface area contributed by atoms with Crippen molar-refractivity contribution in [1.82, 2.24) is 0 Å². The van der Waals surface area contributed by atoms with E-state index in [9.17, 15) is 20.1 Å². The number of allylic oxidation sites excluding steroid dienone is 1. The summed E-state index contributed by atoms with van der Waals surface area (Å²) in [4.78, 5) is 25.2. The largest absolute Gasteiger partial charge is 0.478 e. The fraction of sp³-hybridized carbons (Fsp3) is 0.455. The highest BCUT2D eigenvalue weighted by molar-refractivity contribution is 8.24. The topological polar surface area (TPSA) is 119 Å². The Morgan fingerprint density at radius 2 is 1.44 bits per heavy atom. The van der Waals surface area contributed by atoms with Gasteiger partial charge < -0.3 is 18.9 Å². The monoisotopic (exact) mass is 476 g/mol. The number of methoxy groups -OCH3 is 2. The van der Waals surface area contributed by atoms with Crippen LogP contribution in [0.15, 0.2) is 25.7 Å². The number of benzene rings is 1. The molecule has 0 spiro atoms. The molecule has 0 N–H and O–H groups in total. The molecule has 1 heterocycles. The highest BCUT2D eigenvalue weighted by Crippen LogP contribution is 2.61. The van der Waals surface area contributed by atoms with Crippen LogP contribution >= 0.6 is 23.5 Å². The van der Waals surface area contributed by atoms with Gasteiger partial charge in [0.2, 0.25) is 0 Å². The molecule has 10 heteroatoms. The van der Waals surface area contributed by atoms with Crippen molar-refractivity contribution in [3.63, 3.8) is 0 Å². The molecule has 32 heavy (non-hydrogen) atoms. The van der Waals surface area contributed by atoms with E-state index in [1.54, 1.807) is 19.9 Å². The molecule has 0 aliphatic carbocycles. The first-order valence-corrected chi connectivity index (χ1v) is 11.2. The van der Waals surface area contributed by atoms with Gasteiger partial charge in [-0.25, -0.2) is 9.59 Å². The van der Waals surface area contributed by atoms with Gasteiger partial charge >= 0.3 is 11.9 Å². The highest BCUT2D eigenvalue weighted by Gasteiger charge is 2.36. The second-order valence-electron chi connectivity index (χ2n) is 7.82. The summed E-state index contributed by atoms with van der Waals surface area (Å²) in [6.45, 7) is 9.05. The lowest BCUT2D eigenvalue weighted by Gasteiger charge is -2.27. The zero-order valence-corrected chi connectivity index (χ0v) is 20.5. The van der Waals surface area contributed by atoms with Crippen LogP contribution in [0.5, 0.6) is 11.5 Å². The summed E-state index contributed by atoms with van der Waals surface area (Å²) in [5.74, 6) is -0.258. The SMILES string of the molecule is COC(=O)C(C)Oc1cc(C(C)(C)C)c(OC(C)C(=O)OC)c2c1SC(=C(C#N)C#N)S2. The molecule has 1 aromatic carbocycles. The van der Waals surface area contributed by atoms with Gasteiger partial charge in [-0.1, -0.05) is 44.3 Å². The van der Waals surface area contributed by atoms with E-state index in [4.69, 9.17) is 18.9 Å². The zero-order chi connectivity index (χ0) is 24.2. The molecule has 1 aromatic rings. The maximum absolute atomic E-state index is 12.0. The Morgan fingerprint density at radius 1 is 0.938 bits per heavy atom. The van der Waals surface area contributed by atoms with Crippen molar-refractivity contribution in [2.45, 2.75) is 62.0 Å². The van der Waals surface area contributed by atoms with Crippen LogP contribution in [0.4, 0.5) is 0 Å². The van der Waals surface area contributed by atoms with Gasteiger partial charge in [0, 0.05) is 5.56 Å². The molecule has 2 rings (SSSR count). The van der Waals surface area contributed by atoms with Gasteiger partial charge in [0.15, 0.2) is 12.2 Å². The van der Waals surface area contributed by atoms with Crippen LogP contribution in [-0.4, -0.2) is 38.4 Å². The number of ether oxygens (including phenoxy) is 4. The van der Waals surface area contributed by atoms with E-state index in [1.165, 1.54) is 37.7 Å². The van der Waals surface area contributed by atoms with E-state index < -0.39 is 29.6 Å². The number of thioether (sulfide) groups is 2. The number of esters is 2. The number of hydrogen-bond donors (Lipinski definition) is 0. The fourth-order valence-electron chi connectivity index (χ4n) is 2.77. The number of hydrogen-bond acceptors (Lipinski definition) is 10. The van der Waals surface area contributed by atoms with Crippen LogP contribution in [-0.2, 0) is 24.5 Å². The van der Waals surface area contributed by atoms with Gasteiger partial charge in [0.1, 0.15) is 29.2 Å². The van der Waals surface area contributed by atoms with Gasteiger partial charge in [-0.15, -0.1) is 0 Å². The summed E-state index contributed by atoms with van der Waals surface area (Å²) in [5, 5.41) is 18.7. The molecular formula is C22H24N2O6S2. The lowest BCUT2D eigenvalue weighted by Crippen LogP contribution is -2.28. The van der Waals surface area contributed by atoms with Gasteiger partial charge in [0.05, 0.1) is 28.2 Å². The quantitative estimate of drug-likeness (QED) is 0.434. The van der Waals surface area contributed by atoms with Crippen molar-refractivity contribution in [3.8, 4) is 23.6 Å². The van der Waals surface area contributed by atoms with Crippen LogP contribution in [0, 0.1) is 22.7 Å². The average molecular weight is 477 g/mol. The van der Waals surface area contributed by atoms with Crippen molar-refractivity contribution in [3.05, 3.63) is 21.4 Å². The Morgan fingerprint density at radius 3 is 1.91 bits per heavy atom. The molecule has 0 aromatic heterocycles.